The zero-order chi connectivity index (χ0) is 15.0. The fraction of sp³-hybridized carbons (Fsp3) is 0.421. The molecular weight excluding hydrogens is 450 g/mol. The fourth-order valence-corrected chi connectivity index (χ4v) is 2.05. The van der Waals surface area contributed by atoms with Crippen molar-refractivity contribution in [2.24, 2.45) is 0 Å². The van der Waals surface area contributed by atoms with Gasteiger partial charge in [-0.25, -0.2) is 0 Å². The summed E-state index contributed by atoms with van der Waals surface area (Å²) in [4.78, 5) is 4.58. The zero-order valence-corrected chi connectivity index (χ0v) is 16.6. The second-order valence-electron chi connectivity index (χ2n) is 7.42. The van der Waals surface area contributed by atoms with Gasteiger partial charge in [-0.05, 0) is 22.1 Å². The van der Waals surface area contributed by atoms with Crippen molar-refractivity contribution in [1.82, 2.24) is 4.98 Å². The number of hydrogen-bond acceptors (Lipinski definition) is 1. The van der Waals surface area contributed by atoms with Crippen LogP contribution < -0.4 is 0 Å². The standard InChI is InChI=1S/C19H24N.Ir.H2O/c1-18(2,3)15-9-7-14(8-10-15)17-12-11-16(13-20-17)19(4,5)6;;/h7,9-13H,1-6H3;;1H2/q-1;;. The first kappa shape index (κ1) is 21.0. The van der Waals surface area contributed by atoms with Crippen LogP contribution in [0.1, 0.15) is 52.7 Å². The molecule has 1 aromatic heterocycles. The first-order chi connectivity index (χ1) is 9.18. The Morgan fingerprint density at radius 2 is 1.36 bits per heavy atom. The molecular formula is C19H26IrNO-. The summed E-state index contributed by atoms with van der Waals surface area (Å²) < 4.78 is 0. The Hall–Kier alpha value is -1.02. The van der Waals surface area contributed by atoms with Crippen molar-refractivity contribution in [2.45, 2.75) is 52.4 Å². The molecule has 0 atom stereocenters. The molecule has 2 aromatic rings. The van der Waals surface area contributed by atoms with Crippen LogP contribution in [0.15, 0.2) is 36.5 Å². The van der Waals surface area contributed by atoms with Crippen molar-refractivity contribution >= 4 is 0 Å². The summed E-state index contributed by atoms with van der Waals surface area (Å²) in [7, 11) is 0. The molecule has 0 spiro atoms. The second kappa shape index (κ2) is 7.50. The Labute approximate surface area is 148 Å². The SMILES string of the molecule is CC(C)(C)c1c[c-]c(-c2ccc(C(C)(C)C)cn2)cc1.O.[Ir]. The average molecular weight is 477 g/mol. The first-order valence-corrected chi connectivity index (χ1v) is 7.17. The van der Waals surface area contributed by atoms with Crippen LogP contribution in [0.4, 0.5) is 0 Å². The van der Waals surface area contributed by atoms with Gasteiger partial charge in [0.2, 0.25) is 0 Å². The molecule has 0 aliphatic rings. The molecule has 0 fully saturated rings. The summed E-state index contributed by atoms with van der Waals surface area (Å²) in [6.07, 6.45) is 1.97. The van der Waals surface area contributed by atoms with Gasteiger partial charge in [0.25, 0.3) is 0 Å². The van der Waals surface area contributed by atoms with Crippen LogP contribution in [0.2, 0.25) is 0 Å². The molecule has 2 nitrogen and oxygen atoms in total. The molecule has 0 amide bonds. The van der Waals surface area contributed by atoms with E-state index in [0.29, 0.717) is 0 Å². The summed E-state index contributed by atoms with van der Waals surface area (Å²) >= 11 is 0. The van der Waals surface area contributed by atoms with Crippen molar-refractivity contribution in [2.75, 3.05) is 0 Å². The largest absolute Gasteiger partial charge is 0.412 e. The maximum Gasteiger partial charge on any atom is 0.0198 e. The van der Waals surface area contributed by atoms with Crippen molar-refractivity contribution < 1.29 is 25.6 Å². The van der Waals surface area contributed by atoms with E-state index >= 15 is 0 Å². The minimum Gasteiger partial charge on any atom is -0.412 e. The van der Waals surface area contributed by atoms with Crippen LogP contribution in [-0.2, 0) is 30.9 Å². The third kappa shape index (κ3) is 5.01. The first-order valence-electron chi connectivity index (χ1n) is 7.17. The van der Waals surface area contributed by atoms with Gasteiger partial charge in [0.1, 0.15) is 0 Å². The molecule has 0 saturated heterocycles. The molecule has 1 heterocycles. The predicted molar refractivity (Wildman–Crippen MR) is 89.5 cm³/mol. The Balaban J connectivity index is 0.00000220. The number of pyridine rings is 1. The molecule has 0 aliphatic heterocycles. The van der Waals surface area contributed by atoms with E-state index in [9.17, 15) is 0 Å². The van der Waals surface area contributed by atoms with Gasteiger partial charge in [0, 0.05) is 26.3 Å². The third-order valence-corrected chi connectivity index (χ3v) is 3.58. The summed E-state index contributed by atoms with van der Waals surface area (Å²) in [5.41, 5.74) is 4.90. The van der Waals surface area contributed by atoms with Crippen molar-refractivity contribution in [3.63, 3.8) is 0 Å². The molecule has 0 aliphatic carbocycles. The van der Waals surface area contributed by atoms with E-state index in [4.69, 9.17) is 0 Å². The van der Waals surface area contributed by atoms with Crippen molar-refractivity contribution in [3.05, 3.63) is 53.7 Å². The molecule has 123 valence electrons. The van der Waals surface area contributed by atoms with E-state index in [1.807, 2.05) is 6.20 Å². The quantitative estimate of drug-likeness (QED) is 0.566. The van der Waals surface area contributed by atoms with Crippen molar-refractivity contribution in [1.29, 1.82) is 0 Å². The van der Waals surface area contributed by atoms with Gasteiger partial charge in [-0.1, -0.05) is 53.7 Å². The molecule has 0 unspecified atom stereocenters. The van der Waals surface area contributed by atoms with Crippen molar-refractivity contribution in [3.8, 4) is 11.3 Å². The third-order valence-electron chi connectivity index (χ3n) is 3.58. The number of rotatable bonds is 1. The van der Waals surface area contributed by atoms with E-state index < -0.39 is 0 Å². The van der Waals surface area contributed by atoms with Gasteiger partial charge < -0.3 is 10.5 Å². The molecule has 0 saturated carbocycles. The molecule has 22 heavy (non-hydrogen) atoms. The van der Waals surface area contributed by atoms with Crippen LogP contribution in [0.3, 0.4) is 0 Å². The van der Waals surface area contributed by atoms with Crippen LogP contribution in [0, 0.1) is 6.07 Å². The van der Waals surface area contributed by atoms with Gasteiger partial charge in [-0.2, -0.15) is 0 Å². The molecule has 2 rings (SSSR count). The smallest absolute Gasteiger partial charge is 0.0198 e. The van der Waals surface area contributed by atoms with E-state index in [1.54, 1.807) is 0 Å². The van der Waals surface area contributed by atoms with Gasteiger partial charge >= 0.3 is 0 Å². The Morgan fingerprint density at radius 1 is 0.818 bits per heavy atom. The maximum atomic E-state index is 4.58. The van der Waals surface area contributed by atoms with Crippen LogP contribution in [0.5, 0.6) is 0 Å². The minimum absolute atomic E-state index is 0. The Kier molecular flexibility index (Phi) is 7.15. The van der Waals surface area contributed by atoms with Gasteiger partial charge in [-0.15, -0.1) is 35.4 Å². The fourth-order valence-electron chi connectivity index (χ4n) is 2.05. The molecule has 0 bridgehead atoms. The van der Waals surface area contributed by atoms with E-state index in [2.05, 4.69) is 82.9 Å². The predicted octanol–water partition coefficient (Wildman–Crippen LogP) is 4.32. The summed E-state index contributed by atoms with van der Waals surface area (Å²) in [5.74, 6) is 0. The summed E-state index contributed by atoms with van der Waals surface area (Å²) in [5, 5.41) is 0. The Morgan fingerprint density at radius 3 is 1.73 bits per heavy atom. The number of hydrogen-bond donors (Lipinski definition) is 0. The summed E-state index contributed by atoms with van der Waals surface area (Å²) in [6, 6.07) is 14.0. The maximum absolute atomic E-state index is 4.58. The Bertz CT molecular complexity index is 519. The zero-order valence-electron chi connectivity index (χ0n) is 14.2. The van der Waals surface area contributed by atoms with Gasteiger partial charge in [-0.3, -0.25) is 0 Å². The second-order valence-corrected chi connectivity index (χ2v) is 7.42. The molecule has 3 heteroatoms. The average Bonchev–Trinajstić information content (AvgIpc) is 2.37. The molecule has 1 radical (unpaired) electrons. The number of benzene rings is 1. The minimum atomic E-state index is 0. The van der Waals surface area contributed by atoms with Gasteiger partial charge in [0.05, 0.1) is 0 Å². The van der Waals surface area contributed by atoms with Crippen LogP contribution in [-0.4, -0.2) is 10.5 Å². The van der Waals surface area contributed by atoms with Crippen LogP contribution in [0.25, 0.3) is 11.3 Å². The topological polar surface area (TPSA) is 44.4 Å². The van der Waals surface area contributed by atoms with E-state index in [1.165, 1.54) is 11.1 Å². The number of aromatic nitrogens is 1. The summed E-state index contributed by atoms with van der Waals surface area (Å²) in [6.45, 7) is 13.3. The van der Waals surface area contributed by atoms with E-state index in [-0.39, 0.29) is 36.4 Å². The van der Waals surface area contributed by atoms with Gasteiger partial charge in [0.15, 0.2) is 0 Å². The number of nitrogens with zero attached hydrogens (tertiary/aromatic N) is 1. The monoisotopic (exact) mass is 477 g/mol. The molecule has 2 N–H and O–H groups in total. The molecule has 1 aromatic carbocycles. The normalized spacial score (nSPS) is 11.4. The van der Waals surface area contributed by atoms with Crippen LogP contribution >= 0.6 is 0 Å². The van der Waals surface area contributed by atoms with E-state index in [0.717, 1.165) is 11.3 Å².